The summed E-state index contributed by atoms with van der Waals surface area (Å²) in [6.45, 7) is 14.2. The second-order valence-electron chi connectivity index (χ2n) is 8.54. The fourth-order valence-corrected chi connectivity index (χ4v) is 4.78. The highest BCUT2D eigenvalue weighted by atomic mass is 32.1. The summed E-state index contributed by atoms with van der Waals surface area (Å²) in [4.78, 5) is 27.3. The predicted octanol–water partition coefficient (Wildman–Crippen LogP) is 4.91. The van der Waals surface area contributed by atoms with Crippen LogP contribution in [0.5, 0.6) is 0 Å². The lowest BCUT2D eigenvalue weighted by atomic mass is 10.1. The van der Waals surface area contributed by atoms with Crippen molar-refractivity contribution in [3.63, 3.8) is 0 Å². The van der Waals surface area contributed by atoms with Gasteiger partial charge in [0.15, 0.2) is 5.13 Å². The molecule has 1 amide bonds. The summed E-state index contributed by atoms with van der Waals surface area (Å²) in [5.74, 6) is 0.537. The van der Waals surface area contributed by atoms with Crippen LogP contribution in [0.1, 0.15) is 23.8 Å². The lowest BCUT2D eigenvalue weighted by Gasteiger charge is -2.34. The van der Waals surface area contributed by atoms with Crippen LogP contribution in [0.2, 0.25) is 0 Å². The number of piperazine rings is 1. The van der Waals surface area contributed by atoms with Crippen LogP contribution in [-0.4, -0.2) is 58.4 Å². The molecule has 3 aromatic rings. The van der Waals surface area contributed by atoms with Gasteiger partial charge in [-0.3, -0.25) is 9.69 Å². The van der Waals surface area contributed by atoms with Crippen LogP contribution in [0.25, 0.3) is 11.3 Å². The van der Waals surface area contributed by atoms with Gasteiger partial charge in [-0.15, -0.1) is 11.3 Å². The Hall–Kier alpha value is -3.07. The van der Waals surface area contributed by atoms with Crippen molar-refractivity contribution in [2.75, 3.05) is 43.4 Å². The number of carbonyl (C=O) groups is 1. The number of pyridine rings is 1. The number of aromatic nitrogens is 2. The minimum absolute atomic E-state index is 0.234. The third-order valence-electron chi connectivity index (χ3n) is 5.76. The molecule has 1 aromatic carbocycles. The van der Waals surface area contributed by atoms with Crippen molar-refractivity contribution >= 4 is 33.9 Å². The highest BCUT2D eigenvalue weighted by Gasteiger charge is 2.17. The number of hydrogen-bond acceptors (Lipinski definition) is 7. The summed E-state index contributed by atoms with van der Waals surface area (Å²) < 4.78 is 0. The molecule has 2 N–H and O–H groups in total. The van der Waals surface area contributed by atoms with E-state index in [-0.39, 0.29) is 5.91 Å². The fourth-order valence-electron chi connectivity index (χ4n) is 4.11. The Morgan fingerprint density at radius 3 is 2.68 bits per heavy atom. The smallest absolute Gasteiger partial charge is 0.247 e. The summed E-state index contributed by atoms with van der Waals surface area (Å²) >= 11 is 1.61. The molecule has 7 nitrogen and oxygen atoms in total. The quantitative estimate of drug-likeness (QED) is 0.428. The van der Waals surface area contributed by atoms with E-state index in [0.717, 1.165) is 59.8 Å². The zero-order chi connectivity index (χ0) is 23.9. The number of carbonyl (C=O) groups excluding carboxylic acids is 1. The molecule has 3 heterocycles. The zero-order valence-corrected chi connectivity index (χ0v) is 20.7. The van der Waals surface area contributed by atoms with E-state index in [1.807, 2.05) is 37.4 Å². The number of anilines is 3. The maximum absolute atomic E-state index is 11.8. The molecular formula is C26H32N6OS. The molecule has 1 fully saturated rings. The second kappa shape index (κ2) is 11.4. The van der Waals surface area contributed by atoms with Gasteiger partial charge in [-0.1, -0.05) is 25.6 Å². The molecular weight excluding hydrogens is 444 g/mol. The topological polar surface area (TPSA) is 73.4 Å². The average molecular weight is 477 g/mol. The summed E-state index contributed by atoms with van der Waals surface area (Å²) in [6.07, 6.45) is 4.33. The van der Waals surface area contributed by atoms with E-state index in [1.165, 1.54) is 24.6 Å². The van der Waals surface area contributed by atoms with Crippen molar-refractivity contribution in [2.45, 2.75) is 26.8 Å². The second-order valence-corrected chi connectivity index (χ2v) is 9.77. The molecule has 0 bridgehead atoms. The van der Waals surface area contributed by atoms with Crippen LogP contribution in [0.15, 0.2) is 55.3 Å². The number of benzene rings is 1. The van der Waals surface area contributed by atoms with Crippen molar-refractivity contribution in [3.05, 3.63) is 65.7 Å². The SMILES string of the molecule is C=CC(=O)Nc1cccc(-c2cc(CN3CCN(CCC)CC3)cc(Nc3ncc(C)s3)n2)c1. The summed E-state index contributed by atoms with van der Waals surface area (Å²) in [5.41, 5.74) is 3.71. The van der Waals surface area contributed by atoms with Gasteiger partial charge in [-0.25, -0.2) is 9.97 Å². The van der Waals surface area contributed by atoms with Crippen LogP contribution in [0.3, 0.4) is 0 Å². The largest absolute Gasteiger partial charge is 0.323 e. The third-order valence-corrected chi connectivity index (χ3v) is 6.59. The molecule has 0 spiro atoms. The normalized spacial score (nSPS) is 14.6. The minimum atomic E-state index is -0.234. The number of aryl methyl sites for hydroxylation is 1. The van der Waals surface area contributed by atoms with Crippen LogP contribution >= 0.6 is 11.3 Å². The molecule has 4 rings (SSSR count). The average Bonchev–Trinajstić information content (AvgIpc) is 3.25. The molecule has 178 valence electrons. The number of rotatable bonds is 9. The molecule has 0 radical (unpaired) electrons. The van der Waals surface area contributed by atoms with Gasteiger partial charge in [0.1, 0.15) is 5.82 Å². The lowest BCUT2D eigenvalue weighted by Crippen LogP contribution is -2.45. The third kappa shape index (κ3) is 6.50. The fraction of sp³-hybridized carbons (Fsp3) is 0.346. The maximum atomic E-state index is 11.8. The van der Waals surface area contributed by atoms with Gasteiger partial charge in [0.2, 0.25) is 5.91 Å². The first-order valence-corrected chi connectivity index (χ1v) is 12.5. The van der Waals surface area contributed by atoms with Crippen molar-refractivity contribution in [2.24, 2.45) is 0 Å². The standard InChI is InChI=1S/C26H32N6OS/c1-4-9-31-10-12-32(13-11-31)18-20-14-23(21-7-6-8-22(16-21)28-25(33)5-2)29-24(15-20)30-26-27-17-19(3)34-26/h5-8,14-17H,2,4,9-13,18H2,1,3H3,(H,28,33)(H,27,29,30). The van der Waals surface area contributed by atoms with Crippen molar-refractivity contribution < 1.29 is 4.79 Å². The molecule has 0 unspecified atom stereocenters. The molecule has 1 aliphatic heterocycles. The Labute approximate surface area is 205 Å². The maximum Gasteiger partial charge on any atom is 0.247 e. The van der Waals surface area contributed by atoms with Gasteiger partial charge < -0.3 is 15.5 Å². The van der Waals surface area contributed by atoms with Gasteiger partial charge in [-0.2, -0.15) is 0 Å². The Morgan fingerprint density at radius 2 is 1.97 bits per heavy atom. The van der Waals surface area contributed by atoms with Crippen LogP contribution in [0, 0.1) is 6.92 Å². The van der Waals surface area contributed by atoms with E-state index in [1.54, 1.807) is 11.3 Å². The van der Waals surface area contributed by atoms with Crippen molar-refractivity contribution in [1.29, 1.82) is 0 Å². The van der Waals surface area contributed by atoms with Crippen LogP contribution in [0.4, 0.5) is 16.6 Å². The summed E-state index contributed by atoms with van der Waals surface area (Å²) in [6, 6.07) is 12.0. The summed E-state index contributed by atoms with van der Waals surface area (Å²) in [5, 5.41) is 7.04. The first-order chi connectivity index (χ1) is 16.5. The van der Waals surface area contributed by atoms with E-state index in [2.05, 4.69) is 51.1 Å². The number of nitrogens with zero attached hydrogens (tertiary/aromatic N) is 4. The Morgan fingerprint density at radius 1 is 1.18 bits per heavy atom. The van der Waals surface area contributed by atoms with Crippen LogP contribution in [-0.2, 0) is 11.3 Å². The highest BCUT2D eigenvalue weighted by Crippen LogP contribution is 2.27. The first-order valence-electron chi connectivity index (χ1n) is 11.7. The van der Waals surface area contributed by atoms with Gasteiger partial charge in [0.05, 0.1) is 5.69 Å². The van der Waals surface area contributed by atoms with E-state index in [9.17, 15) is 4.79 Å². The molecule has 2 aromatic heterocycles. The molecule has 1 saturated heterocycles. The number of amides is 1. The lowest BCUT2D eigenvalue weighted by molar-refractivity contribution is -0.111. The molecule has 8 heteroatoms. The predicted molar refractivity (Wildman–Crippen MR) is 141 cm³/mol. The number of nitrogens with one attached hydrogen (secondary N) is 2. The number of thiazole rings is 1. The molecule has 1 aliphatic rings. The minimum Gasteiger partial charge on any atom is -0.323 e. The zero-order valence-electron chi connectivity index (χ0n) is 19.9. The van der Waals surface area contributed by atoms with Gasteiger partial charge in [0, 0.05) is 55.0 Å². The van der Waals surface area contributed by atoms with Gasteiger partial charge >= 0.3 is 0 Å². The highest BCUT2D eigenvalue weighted by molar-refractivity contribution is 7.15. The number of hydrogen-bond donors (Lipinski definition) is 2. The van der Waals surface area contributed by atoms with E-state index in [0.29, 0.717) is 5.69 Å². The van der Waals surface area contributed by atoms with E-state index in [4.69, 9.17) is 4.98 Å². The molecule has 0 saturated carbocycles. The van der Waals surface area contributed by atoms with E-state index >= 15 is 0 Å². The Kier molecular flexibility index (Phi) is 8.05. The van der Waals surface area contributed by atoms with Gasteiger partial charge in [-0.05, 0) is 55.8 Å². The van der Waals surface area contributed by atoms with Crippen molar-refractivity contribution in [1.82, 2.24) is 19.8 Å². The first kappa shape index (κ1) is 24.1. The molecule has 0 aliphatic carbocycles. The molecule has 34 heavy (non-hydrogen) atoms. The monoisotopic (exact) mass is 476 g/mol. The van der Waals surface area contributed by atoms with Crippen molar-refractivity contribution in [3.8, 4) is 11.3 Å². The summed E-state index contributed by atoms with van der Waals surface area (Å²) in [7, 11) is 0. The van der Waals surface area contributed by atoms with Crippen LogP contribution < -0.4 is 10.6 Å². The van der Waals surface area contributed by atoms with E-state index < -0.39 is 0 Å². The van der Waals surface area contributed by atoms with Gasteiger partial charge in [0.25, 0.3) is 0 Å². The Bertz CT molecular complexity index is 1140. The molecule has 0 atom stereocenters. The Balaban J connectivity index is 1.59.